The van der Waals surface area contributed by atoms with Gasteiger partial charge in [-0.2, -0.15) is 0 Å². The molecule has 1 atom stereocenters. The van der Waals surface area contributed by atoms with Crippen molar-refractivity contribution in [3.63, 3.8) is 0 Å². The van der Waals surface area contributed by atoms with Crippen LogP contribution in [-0.4, -0.2) is 62.9 Å². The minimum Gasteiger partial charge on any atom is -0.348 e. The topological polar surface area (TPSA) is 54.3 Å². The van der Waals surface area contributed by atoms with Gasteiger partial charge in [-0.1, -0.05) is 36.4 Å². The Bertz CT molecular complexity index is 725. The van der Waals surface area contributed by atoms with Crippen molar-refractivity contribution in [2.24, 2.45) is 0 Å². The van der Waals surface area contributed by atoms with Crippen LogP contribution in [0.5, 0.6) is 0 Å². The van der Waals surface area contributed by atoms with Gasteiger partial charge in [-0.15, -0.1) is 10.2 Å². The van der Waals surface area contributed by atoms with Crippen molar-refractivity contribution in [3.8, 4) is 5.69 Å². The highest BCUT2D eigenvalue weighted by molar-refractivity contribution is 8.00. The third-order valence-corrected chi connectivity index (χ3v) is 5.63. The number of benzene rings is 1. The summed E-state index contributed by atoms with van der Waals surface area (Å²) in [7, 11) is 3.56. The molecule has 2 heterocycles. The molecule has 2 aromatic rings. The van der Waals surface area contributed by atoms with Crippen LogP contribution >= 0.6 is 11.8 Å². The smallest absolute Gasteiger partial charge is 0.235 e. The van der Waals surface area contributed by atoms with Crippen LogP contribution in [0.1, 0.15) is 32.0 Å². The molecule has 0 saturated carbocycles. The number of hydrogen-bond donors (Lipinski definition) is 0. The lowest BCUT2D eigenvalue weighted by molar-refractivity contribution is -0.127. The average molecular weight is 374 g/mol. The summed E-state index contributed by atoms with van der Waals surface area (Å²) in [6, 6.07) is 10.2. The van der Waals surface area contributed by atoms with Crippen molar-refractivity contribution in [2.75, 3.05) is 27.2 Å². The van der Waals surface area contributed by atoms with Gasteiger partial charge in [-0.25, -0.2) is 0 Å². The van der Waals surface area contributed by atoms with Gasteiger partial charge in [0, 0.05) is 19.8 Å². The normalized spacial score (nSPS) is 16.4. The Hall–Kier alpha value is -1.86. The van der Waals surface area contributed by atoms with Crippen LogP contribution in [0.4, 0.5) is 0 Å². The standard InChI is InChI=1S/C19H27N5OS/c1-15(18(25)22(2)3)26-19-21-20-17(14-23-12-8-5-9-13-23)24(19)16-10-6-4-7-11-16/h4,6-7,10-11,15H,5,8-9,12-14H2,1-3H3. The Labute approximate surface area is 159 Å². The number of rotatable bonds is 6. The summed E-state index contributed by atoms with van der Waals surface area (Å²) in [4.78, 5) is 16.3. The quantitative estimate of drug-likeness (QED) is 0.729. The maximum Gasteiger partial charge on any atom is 0.235 e. The molecule has 1 unspecified atom stereocenters. The van der Waals surface area contributed by atoms with Crippen LogP contribution in [0.3, 0.4) is 0 Å². The first-order valence-electron chi connectivity index (χ1n) is 9.16. The Morgan fingerprint density at radius 2 is 1.85 bits per heavy atom. The SMILES string of the molecule is CC(Sc1nnc(CN2CCCCC2)n1-c1ccccc1)C(=O)N(C)C. The molecule has 1 saturated heterocycles. The van der Waals surface area contributed by atoms with Crippen molar-refractivity contribution in [2.45, 2.75) is 43.1 Å². The number of thioether (sulfide) groups is 1. The predicted octanol–water partition coefficient (Wildman–Crippen LogP) is 2.82. The number of hydrogen-bond acceptors (Lipinski definition) is 5. The van der Waals surface area contributed by atoms with E-state index in [1.165, 1.54) is 31.0 Å². The minimum atomic E-state index is -0.209. The first-order chi connectivity index (χ1) is 12.6. The van der Waals surface area contributed by atoms with Crippen molar-refractivity contribution in [1.29, 1.82) is 0 Å². The molecule has 1 aromatic carbocycles. The van der Waals surface area contributed by atoms with E-state index in [2.05, 4.69) is 31.8 Å². The molecule has 1 fully saturated rings. The summed E-state index contributed by atoms with van der Waals surface area (Å²) in [5, 5.41) is 9.45. The van der Waals surface area contributed by atoms with Crippen LogP contribution < -0.4 is 0 Å². The van der Waals surface area contributed by atoms with Crippen LogP contribution in [0, 0.1) is 0 Å². The predicted molar refractivity (Wildman–Crippen MR) is 105 cm³/mol. The average Bonchev–Trinajstić information content (AvgIpc) is 3.04. The molecule has 6 nitrogen and oxygen atoms in total. The molecule has 3 rings (SSSR count). The summed E-state index contributed by atoms with van der Waals surface area (Å²) < 4.78 is 2.10. The van der Waals surface area contributed by atoms with E-state index in [1.54, 1.807) is 19.0 Å². The highest BCUT2D eigenvalue weighted by Crippen LogP contribution is 2.27. The van der Waals surface area contributed by atoms with Crippen molar-refractivity contribution < 1.29 is 4.79 Å². The Kier molecular flexibility index (Phi) is 6.32. The zero-order valence-corrected chi connectivity index (χ0v) is 16.6. The maximum absolute atomic E-state index is 12.3. The molecule has 0 N–H and O–H groups in total. The number of likely N-dealkylation sites (tertiary alicyclic amines) is 1. The zero-order chi connectivity index (χ0) is 18.5. The van der Waals surface area contributed by atoms with E-state index in [9.17, 15) is 4.79 Å². The van der Waals surface area contributed by atoms with Crippen LogP contribution in [0.2, 0.25) is 0 Å². The van der Waals surface area contributed by atoms with Crippen molar-refractivity contribution in [1.82, 2.24) is 24.6 Å². The largest absolute Gasteiger partial charge is 0.348 e. The minimum absolute atomic E-state index is 0.0789. The van der Waals surface area contributed by atoms with E-state index >= 15 is 0 Å². The van der Waals surface area contributed by atoms with Gasteiger partial charge in [0.25, 0.3) is 0 Å². The Balaban J connectivity index is 1.88. The zero-order valence-electron chi connectivity index (χ0n) is 15.8. The van der Waals surface area contributed by atoms with Gasteiger partial charge in [-0.3, -0.25) is 14.3 Å². The lowest BCUT2D eigenvalue weighted by Crippen LogP contribution is -2.30. The summed E-state index contributed by atoms with van der Waals surface area (Å²) in [5.74, 6) is 1.01. The second-order valence-electron chi connectivity index (χ2n) is 6.90. The second kappa shape index (κ2) is 8.68. The highest BCUT2D eigenvalue weighted by atomic mass is 32.2. The van der Waals surface area contributed by atoms with Gasteiger partial charge >= 0.3 is 0 Å². The molecule has 0 radical (unpaired) electrons. The monoisotopic (exact) mass is 373 g/mol. The van der Waals surface area contributed by atoms with Gasteiger partial charge in [0.05, 0.1) is 11.8 Å². The van der Waals surface area contributed by atoms with Gasteiger partial charge in [0.15, 0.2) is 11.0 Å². The lowest BCUT2D eigenvalue weighted by atomic mass is 10.1. The number of aromatic nitrogens is 3. The molecule has 1 amide bonds. The molecule has 0 aliphatic carbocycles. The highest BCUT2D eigenvalue weighted by Gasteiger charge is 2.23. The van der Waals surface area contributed by atoms with Crippen molar-refractivity contribution >= 4 is 17.7 Å². The number of amides is 1. The molecular weight excluding hydrogens is 346 g/mol. The summed E-state index contributed by atoms with van der Waals surface area (Å²) in [6.45, 7) is 4.93. The second-order valence-corrected chi connectivity index (χ2v) is 8.21. The third-order valence-electron chi connectivity index (χ3n) is 4.60. The van der Waals surface area contributed by atoms with Gasteiger partial charge < -0.3 is 4.90 Å². The fourth-order valence-electron chi connectivity index (χ4n) is 3.21. The number of para-hydroxylation sites is 1. The van der Waals surface area contributed by atoms with E-state index in [-0.39, 0.29) is 11.2 Å². The maximum atomic E-state index is 12.3. The molecule has 0 spiro atoms. The van der Waals surface area contributed by atoms with Gasteiger partial charge in [-0.05, 0) is 45.0 Å². The van der Waals surface area contributed by atoms with Crippen LogP contribution in [0.25, 0.3) is 5.69 Å². The van der Waals surface area contributed by atoms with Crippen LogP contribution in [-0.2, 0) is 11.3 Å². The Morgan fingerprint density at radius 1 is 1.15 bits per heavy atom. The van der Waals surface area contributed by atoms with E-state index in [4.69, 9.17) is 0 Å². The first-order valence-corrected chi connectivity index (χ1v) is 10.0. The first kappa shape index (κ1) is 18.9. The molecular formula is C19H27N5OS. The van der Waals surface area contributed by atoms with Gasteiger partial charge in [0.1, 0.15) is 0 Å². The summed E-state index contributed by atoms with van der Waals surface area (Å²) in [6.07, 6.45) is 3.80. The molecule has 1 aromatic heterocycles. The number of nitrogens with zero attached hydrogens (tertiary/aromatic N) is 5. The molecule has 1 aliphatic rings. The van der Waals surface area contributed by atoms with E-state index in [0.29, 0.717) is 0 Å². The number of piperidine rings is 1. The van der Waals surface area contributed by atoms with Crippen molar-refractivity contribution in [3.05, 3.63) is 36.2 Å². The molecule has 1 aliphatic heterocycles. The summed E-state index contributed by atoms with van der Waals surface area (Å²) in [5.41, 5.74) is 1.04. The molecule has 0 bridgehead atoms. The fourth-order valence-corrected chi connectivity index (χ4v) is 4.24. The molecule has 140 valence electrons. The lowest BCUT2D eigenvalue weighted by Gasteiger charge is -2.26. The van der Waals surface area contributed by atoms with E-state index in [0.717, 1.165) is 36.3 Å². The number of carbonyl (C=O) groups is 1. The molecule has 26 heavy (non-hydrogen) atoms. The Morgan fingerprint density at radius 3 is 2.50 bits per heavy atom. The van der Waals surface area contributed by atoms with Crippen LogP contribution in [0.15, 0.2) is 35.5 Å². The van der Waals surface area contributed by atoms with Gasteiger partial charge in [0.2, 0.25) is 5.91 Å². The third kappa shape index (κ3) is 4.45. The number of carbonyl (C=O) groups excluding carboxylic acids is 1. The van der Waals surface area contributed by atoms with E-state index in [1.807, 2.05) is 25.1 Å². The summed E-state index contributed by atoms with van der Waals surface area (Å²) >= 11 is 1.46. The molecule has 7 heteroatoms. The fraction of sp³-hybridized carbons (Fsp3) is 0.526. The van der Waals surface area contributed by atoms with E-state index < -0.39 is 0 Å².